The molecule has 1 unspecified atom stereocenters. The van der Waals surface area contributed by atoms with Crippen molar-refractivity contribution in [3.63, 3.8) is 0 Å². The molecule has 2 aromatic carbocycles. The van der Waals surface area contributed by atoms with Crippen LogP contribution in [-0.4, -0.2) is 31.0 Å². The van der Waals surface area contributed by atoms with E-state index >= 15 is 0 Å². The molecule has 0 bridgehead atoms. The van der Waals surface area contributed by atoms with Crippen LogP contribution in [0.25, 0.3) is 10.8 Å². The van der Waals surface area contributed by atoms with Gasteiger partial charge in [0.25, 0.3) is 0 Å². The van der Waals surface area contributed by atoms with E-state index in [4.69, 9.17) is 0 Å². The zero-order valence-corrected chi connectivity index (χ0v) is 15.1. The Hall–Kier alpha value is -3.87. The molecule has 1 N–H and O–H groups in total. The molecule has 1 atom stereocenters. The predicted molar refractivity (Wildman–Crippen MR) is 105 cm³/mol. The largest absolute Gasteiger partial charge is 0.479 e. The molecule has 0 saturated carbocycles. The molecular formula is C21H17N5O2. The van der Waals surface area contributed by atoms with Crippen LogP contribution in [0.5, 0.6) is 0 Å². The summed E-state index contributed by atoms with van der Waals surface area (Å²) in [5.74, 6) is -0.604. The van der Waals surface area contributed by atoms with Crippen LogP contribution in [0.3, 0.4) is 0 Å². The van der Waals surface area contributed by atoms with E-state index in [1.807, 2.05) is 42.5 Å². The average molecular weight is 371 g/mol. The zero-order chi connectivity index (χ0) is 19.6. The van der Waals surface area contributed by atoms with Gasteiger partial charge in [0.1, 0.15) is 18.5 Å². The summed E-state index contributed by atoms with van der Waals surface area (Å²) < 4.78 is 0. The standard InChI is InChI=1S/C21H17N5O2/c1-21(20(27)28,18-9-11-22-13-24-18)26(19-10-12-23-14-25-19)17-8-4-6-15-5-2-3-7-16(15)17/h2-14H,1H3,(H,27,28). The predicted octanol–water partition coefficient (Wildman–Crippen LogP) is 3.56. The van der Waals surface area contributed by atoms with Crippen molar-refractivity contribution < 1.29 is 9.90 Å². The molecule has 0 fully saturated rings. The number of hydrogen-bond acceptors (Lipinski definition) is 6. The summed E-state index contributed by atoms with van der Waals surface area (Å²) in [4.78, 5) is 30.8. The van der Waals surface area contributed by atoms with Gasteiger partial charge in [-0.05, 0) is 30.5 Å². The SMILES string of the molecule is CC(C(=O)O)(c1ccncn1)N(c1ccncn1)c1cccc2ccccc12. The minimum Gasteiger partial charge on any atom is -0.479 e. The second-order valence-electron chi connectivity index (χ2n) is 6.37. The van der Waals surface area contributed by atoms with Crippen LogP contribution in [0.2, 0.25) is 0 Å². The Morgan fingerprint density at radius 2 is 1.64 bits per heavy atom. The molecule has 2 heterocycles. The number of hydrogen-bond donors (Lipinski definition) is 1. The highest BCUT2D eigenvalue weighted by atomic mass is 16.4. The number of anilines is 2. The Kier molecular flexibility index (Phi) is 4.41. The smallest absolute Gasteiger partial charge is 0.336 e. The van der Waals surface area contributed by atoms with E-state index in [0.29, 0.717) is 17.2 Å². The van der Waals surface area contributed by atoms with Crippen molar-refractivity contribution in [1.82, 2.24) is 19.9 Å². The van der Waals surface area contributed by atoms with Crippen molar-refractivity contribution in [2.24, 2.45) is 0 Å². The summed E-state index contributed by atoms with van der Waals surface area (Å²) in [6.45, 7) is 1.61. The van der Waals surface area contributed by atoms with Gasteiger partial charge in [0, 0.05) is 17.8 Å². The third-order valence-corrected chi connectivity index (χ3v) is 4.75. The second-order valence-corrected chi connectivity index (χ2v) is 6.37. The number of fused-ring (bicyclic) bond motifs is 1. The van der Waals surface area contributed by atoms with Gasteiger partial charge >= 0.3 is 5.97 Å². The van der Waals surface area contributed by atoms with Crippen molar-refractivity contribution in [3.8, 4) is 0 Å². The highest BCUT2D eigenvalue weighted by Gasteiger charge is 2.45. The molecule has 2 aromatic heterocycles. The first kappa shape index (κ1) is 17.5. The number of nitrogens with zero attached hydrogens (tertiary/aromatic N) is 5. The summed E-state index contributed by atoms with van der Waals surface area (Å²) in [7, 11) is 0. The lowest BCUT2D eigenvalue weighted by Gasteiger charge is -2.38. The van der Waals surface area contributed by atoms with Crippen LogP contribution in [0.4, 0.5) is 11.5 Å². The molecule has 138 valence electrons. The molecule has 7 nitrogen and oxygen atoms in total. The maximum atomic E-state index is 12.6. The molecule has 28 heavy (non-hydrogen) atoms. The lowest BCUT2D eigenvalue weighted by Crippen LogP contribution is -2.48. The highest BCUT2D eigenvalue weighted by Crippen LogP contribution is 2.41. The van der Waals surface area contributed by atoms with Gasteiger partial charge in [0.15, 0.2) is 5.54 Å². The van der Waals surface area contributed by atoms with E-state index in [1.54, 1.807) is 30.2 Å². The van der Waals surface area contributed by atoms with Gasteiger partial charge < -0.3 is 10.0 Å². The van der Waals surface area contributed by atoms with Crippen molar-refractivity contribution in [2.45, 2.75) is 12.5 Å². The summed E-state index contributed by atoms with van der Waals surface area (Å²) in [6, 6.07) is 16.9. The molecule has 0 aliphatic rings. The van der Waals surface area contributed by atoms with Crippen LogP contribution in [-0.2, 0) is 10.3 Å². The van der Waals surface area contributed by atoms with E-state index in [-0.39, 0.29) is 0 Å². The molecule has 0 spiro atoms. The normalized spacial score (nSPS) is 13.0. The van der Waals surface area contributed by atoms with Gasteiger partial charge in [-0.1, -0.05) is 36.4 Å². The van der Waals surface area contributed by atoms with E-state index < -0.39 is 11.5 Å². The van der Waals surface area contributed by atoms with Crippen LogP contribution in [0.1, 0.15) is 12.6 Å². The molecule has 0 aliphatic heterocycles. The number of aliphatic carboxylic acids is 1. The number of aromatic nitrogens is 4. The van der Waals surface area contributed by atoms with E-state index in [0.717, 1.165) is 10.8 Å². The van der Waals surface area contributed by atoms with Gasteiger partial charge in [-0.3, -0.25) is 0 Å². The van der Waals surface area contributed by atoms with Crippen molar-refractivity contribution in [3.05, 3.63) is 85.3 Å². The Morgan fingerprint density at radius 3 is 2.32 bits per heavy atom. The third kappa shape index (κ3) is 2.83. The minimum atomic E-state index is -1.53. The molecule has 0 amide bonds. The molecule has 0 aliphatic carbocycles. The number of rotatable bonds is 5. The first-order chi connectivity index (χ1) is 13.6. The van der Waals surface area contributed by atoms with Crippen LogP contribution in [0, 0.1) is 0 Å². The Labute approximate surface area is 161 Å². The number of carbonyl (C=O) groups is 1. The Bertz CT molecular complexity index is 1120. The lowest BCUT2D eigenvalue weighted by molar-refractivity contribution is -0.143. The number of benzene rings is 2. The average Bonchev–Trinajstić information content (AvgIpc) is 2.75. The zero-order valence-electron chi connectivity index (χ0n) is 15.1. The fourth-order valence-electron chi connectivity index (χ4n) is 3.31. The molecule has 7 heteroatoms. The van der Waals surface area contributed by atoms with E-state index in [1.165, 1.54) is 18.9 Å². The molecular weight excluding hydrogens is 354 g/mol. The molecule has 4 aromatic rings. The van der Waals surface area contributed by atoms with Gasteiger partial charge in [-0.2, -0.15) is 0 Å². The monoisotopic (exact) mass is 371 g/mol. The van der Waals surface area contributed by atoms with Crippen molar-refractivity contribution >= 4 is 28.2 Å². The first-order valence-electron chi connectivity index (χ1n) is 8.66. The molecule has 0 saturated heterocycles. The lowest BCUT2D eigenvalue weighted by atomic mass is 9.93. The van der Waals surface area contributed by atoms with Gasteiger partial charge in [-0.25, -0.2) is 24.7 Å². The Balaban J connectivity index is 2.05. The van der Waals surface area contributed by atoms with E-state index in [9.17, 15) is 9.90 Å². The van der Waals surface area contributed by atoms with Gasteiger partial charge in [0.2, 0.25) is 0 Å². The van der Waals surface area contributed by atoms with E-state index in [2.05, 4.69) is 19.9 Å². The van der Waals surface area contributed by atoms with Crippen LogP contribution < -0.4 is 4.90 Å². The second kappa shape index (κ2) is 7.03. The third-order valence-electron chi connectivity index (χ3n) is 4.75. The first-order valence-corrected chi connectivity index (χ1v) is 8.66. The quantitative estimate of drug-likeness (QED) is 0.573. The summed E-state index contributed by atoms with van der Waals surface area (Å²) in [6.07, 6.45) is 5.86. The Morgan fingerprint density at radius 1 is 0.929 bits per heavy atom. The summed E-state index contributed by atoms with van der Waals surface area (Å²) in [5.41, 5.74) is -0.469. The van der Waals surface area contributed by atoms with Crippen LogP contribution in [0.15, 0.2) is 79.6 Å². The van der Waals surface area contributed by atoms with Crippen molar-refractivity contribution in [1.29, 1.82) is 0 Å². The maximum Gasteiger partial charge on any atom is 0.336 e. The van der Waals surface area contributed by atoms with Crippen molar-refractivity contribution in [2.75, 3.05) is 4.90 Å². The summed E-state index contributed by atoms with van der Waals surface area (Å²) in [5, 5.41) is 12.2. The number of carboxylic acid groups (broad SMARTS) is 1. The molecule has 4 rings (SSSR count). The minimum absolute atomic E-state index is 0.349. The summed E-state index contributed by atoms with van der Waals surface area (Å²) >= 11 is 0. The van der Waals surface area contributed by atoms with Gasteiger partial charge in [0.05, 0.1) is 11.4 Å². The fraction of sp³-hybridized carbons (Fsp3) is 0.0952. The number of carboxylic acids is 1. The molecule has 0 radical (unpaired) electrons. The highest BCUT2D eigenvalue weighted by molar-refractivity contribution is 5.99. The maximum absolute atomic E-state index is 12.6. The van der Waals surface area contributed by atoms with Gasteiger partial charge in [-0.15, -0.1) is 0 Å². The topological polar surface area (TPSA) is 92.1 Å². The van der Waals surface area contributed by atoms with Crippen LogP contribution >= 0.6 is 0 Å². The fourth-order valence-corrected chi connectivity index (χ4v) is 3.31.